The third-order valence-electron chi connectivity index (χ3n) is 3.33. The number of carboxylic acids is 1. The number of aromatic nitrogens is 2. The van der Waals surface area contributed by atoms with Crippen LogP contribution in [-0.2, 0) is 4.79 Å². The first kappa shape index (κ1) is 16.3. The second kappa shape index (κ2) is 6.88. The second-order valence-corrected chi connectivity index (χ2v) is 6.93. The summed E-state index contributed by atoms with van der Waals surface area (Å²) in [5, 5.41) is 15.3. The lowest BCUT2D eigenvalue weighted by atomic mass is 10.2. The number of anilines is 3. The van der Waals surface area contributed by atoms with Crippen LogP contribution >= 0.6 is 34.2 Å². The summed E-state index contributed by atoms with van der Waals surface area (Å²) in [6, 6.07) is 7.57. The predicted molar refractivity (Wildman–Crippen MR) is 97.6 cm³/mol. The molecule has 1 heterocycles. The molecule has 0 saturated heterocycles. The molecule has 2 aromatic rings. The highest BCUT2D eigenvalue weighted by molar-refractivity contribution is 14.1. The van der Waals surface area contributed by atoms with E-state index in [1.54, 1.807) is 0 Å². The van der Waals surface area contributed by atoms with Crippen LogP contribution in [0.2, 0.25) is 5.02 Å². The lowest BCUT2D eigenvalue weighted by Gasteiger charge is -2.11. The van der Waals surface area contributed by atoms with Crippen molar-refractivity contribution < 1.29 is 9.90 Å². The van der Waals surface area contributed by atoms with Gasteiger partial charge in [0, 0.05) is 15.6 Å². The Bertz CT molecular complexity index is 752. The fourth-order valence-corrected chi connectivity index (χ4v) is 2.98. The Kier molecular flexibility index (Phi) is 4.86. The van der Waals surface area contributed by atoms with Crippen molar-refractivity contribution in [2.24, 2.45) is 0 Å². The highest BCUT2D eigenvalue weighted by Crippen LogP contribution is 2.40. The molecule has 0 amide bonds. The van der Waals surface area contributed by atoms with E-state index in [1.807, 2.05) is 24.3 Å². The molecule has 0 bridgehead atoms. The van der Waals surface area contributed by atoms with E-state index in [0.29, 0.717) is 22.7 Å². The van der Waals surface area contributed by atoms with Gasteiger partial charge in [-0.1, -0.05) is 11.6 Å². The van der Waals surface area contributed by atoms with Gasteiger partial charge in [-0.05, 0) is 53.6 Å². The van der Waals surface area contributed by atoms with Crippen molar-refractivity contribution in [2.75, 3.05) is 17.2 Å². The number of nitrogens with zero attached hydrogens (tertiary/aromatic N) is 2. The van der Waals surface area contributed by atoms with Gasteiger partial charge in [0.15, 0.2) is 0 Å². The number of halogens is 2. The van der Waals surface area contributed by atoms with Crippen molar-refractivity contribution in [1.29, 1.82) is 0 Å². The van der Waals surface area contributed by atoms with Crippen molar-refractivity contribution >= 4 is 57.6 Å². The minimum atomic E-state index is -0.958. The maximum Gasteiger partial charge on any atom is 0.322 e. The summed E-state index contributed by atoms with van der Waals surface area (Å²) in [6.45, 7) is -0.224. The quantitative estimate of drug-likeness (QED) is 0.587. The zero-order valence-electron chi connectivity index (χ0n) is 12.0. The van der Waals surface area contributed by atoms with Gasteiger partial charge in [0.25, 0.3) is 0 Å². The van der Waals surface area contributed by atoms with Crippen molar-refractivity contribution in [3.05, 3.63) is 38.6 Å². The van der Waals surface area contributed by atoms with Crippen molar-refractivity contribution in [2.45, 2.75) is 18.8 Å². The number of rotatable bonds is 6. The monoisotopic (exact) mass is 444 g/mol. The van der Waals surface area contributed by atoms with E-state index in [-0.39, 0.29) is 6.54 Å². The molecule has 8 heteroatoms. The maximum absolute atomic E-state index is 10.7. The van der Waals surface area contributed by atoms with E-state index in [4.69, 9.17) is 16.7 Å². The van der Waals surface area contributed by atoms with E-state index in [0.717, 1.165) is 27.8 Å². The molecule has 1 fully saturated rings. The standard InChI is InChI=1S/C15H14ClIN4O2/c16-10-5-9(17)3-4-11(10)19-13-6-12(8-1-2-8)20-15(21-13)18-7-14(22)23/h3-6,8H,1-2,7H2,(H,22,23)(H2,18,19,20,21). The minimum Gasteiger partial charge on any atom is -0.480 e. The SMILES string of the molecule is O=C(O)CNc1nc(Nc2ccc(I)cc2Cl)cc(C2CC2)n1. The number of hydrogen-bond acceptors (Lipinski definition) is 5. The minimum absolute atomic E-state index is 0.224. The van der Waals surface area contributed by atoms with E-state index >= 15 is 0 Å². The molecule has 0 atom stereocenters. The number of aliphatic carboxylic acids is 1. The predicted octanol–water partition coefficient (Wildman–Crippen LogP) is 3.85. The molecule has 3 rings (SSSR count). The summed E-state index contributed by atoms with van der Waals surface area (Å²) in [4.78, 5) is 19.4. The van der Waals surface area contributed by atoms with Gasteiger partial charge >= 0.3 is 5.97 Å². The van der Waals surface area contributed by atoms with Crippen LogP contribution in [0.3, 0.4) is 0 Å². The smallest absolute Gasteiger partial charge is 0.322 e. The highest BCUT2D eigenvalue weighted by atomic mass is 127. The lowest BCUT2D eigenvalue weighted by Crippen LogP contribution is -2.15. The van der Waals surface area contributed by atoms with E-state index in [2.05, 4.69) is 43.2 Å². The zero-order chi connectivity index (χ0) is 16.4. The summed E-state index contributed by atoms with van der Waals surface area (Å²) in [5.41, 5.74) is 1.66. The Morgan fingerprint density at radius 2 is 2.13 bits per heavy atom. The molecular weight excluding hydrogens is 431 g/mol. The van der Waals surface area contributed by atoms with Crippen LogP contribution in [0.4, 0.5) is 17.5 Å². The van der Waals surface area contributed by atoms with Gasteiger partial charge in [-0.3, -0.25) is 4.79 Å². The average Bonchev–Trinajstić information content (AvgIpc) is 3.33. The van der Waals surface area contributed by atoms with Crippen LogP contribution in [0.25, 0.3) is 0 Å². The third-order valence-corrected chi connectivity index (χ3v) is 4.32. The molecule has 23 heavy (non-hydrogen) atoms. The summed E-state index contributed by atoms with van der Waals surface area (Å²) in [5.74, 6) is 0.371. The van der Waals surface area contributed by atoms with Gasteiger partial charge in [-0.25, -0.2) is 4.98 Å². The van der Waals surface area contributed by atoms with Crippen molar-refractivity contribution in [1.82, 2.24) is 9.97 Å². The molecular formula is C15H14ClIN4O2. The van der Waals surface area contributed by atoms with Gasteiger partial charge < -0.3 is 15.7 Å². The van der Waals surface area contributed by atoms with Gasteiger partial charge in [0.05, 0.1) is 16.4 Å². The fourth-order valence-electron chi connectivity index (χ4n) is 2.08. The molecule has 0 unspecified atom stereocenters. The lowest BCUT2D eigenvalue weighted by molar-refractivity contribution is -0.134. The third kappa shape index (κ3) is 4.44. The topological polar surface area (TPSA) is 87.1 Å². The van der Waals surface area contributed by atoms with Gasteiger partial charge in [-0.2, -0.15) is 4.98 Å². The Morgan fingerprint density at radius 3 is 2.78 bits per heavy atom. The van der Waals surface area contributed by atoms with E-state index in [1.165, 1.54) is 0 Å². The molecule has 6 nitrogen and oxygen atoms in total. The summed E-state index contributed by atoms with van der Waals surface area (Å²) in [7, 11) is 0. The molecule has 1 aromatic heterocycles. The number of benzene rings is 1. The molecule has 120 valence electrons. The van der Waals surface area contributed by atoms with Gasteiger partial charge in [-0.15, -0.1) is 0 Å². The second-order valence-electron chi connectivity index (χ2n) is 5.27. The number of carbonyl (C=O) groups is 1. The normalized spacial score (nSPS) is 13.7. The molecule has 1 saturated carbocycles. The average molecular weight is 445 g/mol. The zero-order valence-corrected chi connectivity index (χ0v) is 14.9. The first-order valence-electron chi connectivity index (χ1n) is 7.08. The summed E-state index contributed by atoms with van der Waals surface area (Å²) >= 11 is 8.43. The number of nitrogens with one attached hydrogen (secondary N) is 2. The summed E-state index contributed by atoms with van der Waals surface area (Å²) in [6.07, 6.45) is 2.19. The summed E-state index contributed by atoms with van der Waals surface area (Å²) < 4.78 is 1.04. The first-order valence-corrected chi connectivity index (χ1v) is 8.53. The van der Waals surface area contributed by atoms with Crippen molar-refractivity contribution in [3.8, 4) is 0 Å². The molecule has 0 spiro atoms. The molecule has 1 aliphatic rings. The number of carboxylic acid groups (broad SMARTS) is 1. The molecule has 0 radical (unpaired) electrons. The molecule has 0 aliphatic heterocycles. The molecule has 1 aromatic carbocycles. The van der Waals surface area contributed by atoms with Crippen LogP contribution in [0.1, 0.15) is 24.5 Å². The van der Waals surface area contributed by atoms with Crippen LogP contribution in [0, 0.1) is 3.57 Å². The maximum atomic E-state index is 10.7. The largest absolute Gasteiger partial charge is 0.480 e. The van der Waals surface area contributed by atoms with Crippen LogP contribution in [0.5, 0.6) is 0 Å². The van der Waals surface area contributed by atoms with Crippen LogP contribution < -0.4 is 10.6 Å². The Hall–Kier alpha value is -1.61. The van der Waals surface area contributed by atoms with Crippen LogP contribution in [-0.4, -0.2) is 27.6 Å². The van der Waals surface area contributed by atoms with Gasteiger partial charge in [0.2, 0.25) is 5.95 Å². The Labute approximate surface area is 151 Å². The highest BCUT2D eigenvalue weighted by Gasteiger charge is 2.26. The first-order chi connectivity index (χ1) is 11.0. The Balaban J connectivity index is 1.86. The van der Waals surface area contributed by atoms with E-state index < -0.39 is 5.97 Å². The number of hydrogen-bond donors (Lipinski definition) is 3. The van der Waals surface area contributed by atoms with Crippen molar-refractivity contribution in [3.63, 3.8) is 0 Å². The van der Waals surface area contributed by atoms with E-state index in [9.17, 15) is 4.79 Å². The fraction of sp³-hybridized carbons (Fsp3) is 0.267. The Morgan fingerprint density at radius 1 is 1.35 bits per heavy atom. The molecule has 1 aliphatic carbocycles. The van der Waals surface area contributed by atoms with Gasteiger partial charge in [0.1, 0.15) is 12.4 Å². The molecule has 3 N–H and O–H groups in total. The van der Waals surface area contributed by atoms with Crippen LogP contribution in [0.15, 0.2) is 24.3 Å².